The summed E-state index contributed by atoms with van der Waals surface area (Å²) in [5.41, 5.74) is 3.89. The first kappa shape index (κ1) is 27.5. The summed E-state index contributed by atoms with van der Waals surface area (Å²) in [7, 11) is 0. The van der Waals surface area contributed by atoms with Gasteiger partial charge in [-0.15, -0.1) is 12.4 Å². The van der Waals surface area contributed by atoms with Crippen LogP contribution in [-0.2, 0) is 20.4 Å². The van der Waals surface area contributed by atoms with Crippen LogP contribution in [-0.4, -0.2) is 41.8 Å². The number of amides is 1. The van der Waals surface area contributed by atoms with E-state index in [0.29, 0.717) is 23.9 Å². The van der Waals surface area contributed by atoms with Crippen LogP contribution in [0.3, 0.4) is 0 Å². The van der Waals surface area contributed by atoms with Crippen molar-refractivity contribution in [2.24, 2.45) is 5.73 Å². The van der Waals surface area contributed by atoms with Crippen LogP contribution in [0.4, 0.5) is 23.7 Å². The van der Waals surface area contributed by atoms with E-state index >= 15 is 0 Å². The van der Waals surface area contributed by atoms with Gasteiger partial charge in [-0.2, -0.15) is 13.2 Å². The topological polar surface area (TPSA) is 115 Å². The van der Waals surface area contributed by atoms with Crippen LogP contribution in [0.1, 0.15) is 31.2 Å². The number of cyclic esters (lactones) is 1. The highest BCUT2D eigenvalue weighted by Gasteiger charge is 2.40. The van der Waals surface area contributed by atoms with Crippen molar-refractivity contribution in [3.8, 4) is 11.3 Å². The van der Waals surface area contributed by atoms with Gasteiger partial charge in [-0.05, 0) is 42.5 Å². The molecule has 1 saturated carbocycles. The molecule has 1 amide bonds. The Morgan fingerprint density at radius 2 is 1.84 bits per heavy atom. The maximum atomic E-state index is 13.5. The third kappa shape index (κ3) is 5.21. The molecule has 2 aromatic carbocycles. The second-order valence-corrected chi connectivity index (χ2v) is 9.41. The molecule has 1 aromatic heterocycles. The normalized spacial score (nSPS) is 18.8. The van der Waals surface area contributed by atoms with E-state index in [9.17, 15) is 27.6 Å². The summed E-state index contributed by atoms with van der Waals surface area (Å²) in [4.78, 5) is 41.5. The first-order valence-corrected chi connectivity index (χ1v) is 11.8. The third-order valence-electron chi connectivity index (χ3n) is 6.84. The third-order valence-corrected chi connectivity index (χ3v) is 6.84. The first-order chi connectivity index (χ1) is 17.5. The van der Waals surface area contributed by atoms with Crippen molar-refractivity contribution in [1.29, 1.82) is 0 Å². The molecule has 8 nitrogen and oxygen atoms in total. The van der Waals surface area contributed by atoms with Gasteiger partial charge in [-0.1, -0.05) is 37.1 Å². The Morgan fingerprint density at radius 1 is 1.13 bits per heavy atom. The summed E-state index contributed by atoms with van der Waals surface area (Å²) in [6.07, 6.45) is -3.15. The van der Waals surface area contributed by atoms with Gasteiger partial charge in [0.25, 0.3) is 5.56 Å². The van der Waals surface area contributed by atoms with E-state index in [2.05, 4.69) is 4.98 Å². The number of rotatable bonds is 5. The Labute approximate surface area is 221 Å². The number of hydrogen-bond donors (Lipinski definition) is 2. The molecule has 0 bridgehead atoms. The Bertz CT molecular complexity index is 1440. The van der Waals surface area contributed by atoms with E-state index in [0.717, 1.165) is 18.9 Å². The number of anilines is 1. The van der Waals surface area contributed by atoms with Crippen molar-refractivity contribution in [3.05, 3.63) is 64.4 Å². The lowest BCUT2D eigenvalue weighted by Crippen LogP contribution is -2.47. The molecule has 1 atom stereocenters. The Hall–Kier alpha value is -3.57. The smallest absolute Gasteiger partial charge is 0.417 e. The zero-order valence-corrected chi connectivity index (χ0v) is 20.9. The summed E-state index contributed by atoms with van der Waals surface area (Å²) in [5.74, 6) is -0.514. The molecule has 12 heteroatoms. The number of nitrogens with one attached hydrogen (secondary N) is 1. The van der Waals surface area contributed by atoms with Gasteiger partial charge in [0.05, 0.1) is 12.1 Å². The van der Waals surface area contributed by atoms with Crippen LogP contribution in [0, 0.1) is 0 Å². The highest BCUT2D eigenvalue weighted by molar-refractivity contribution is 5.95. The van der Waals surface area contributed by atoms with E-state index in [1.165, 1.54) is 35.2 Å². The van der Waals surface area contributed by atoms with Crippen LogP contribution in [0.5, 0.6) is 0 Å². The second kappa shape index (κ2) is 10.3. The summed E-state index contributed by atoms with van der Waals surface area (Å²) in [6.45, 7) is -0.0553. The lowest BCUT2D eigenvalue weighted by atomic mass is 10.00. The van der Waals surface area contributed by atoms with Crippen molar-refractivity contribution in [2.75, 3.05) is 18.1 Å². The standard InChI is InChI=1S/C26H24F3N3O5.ClH/c27-26(28,29)20-6-2-1-5-18(20)21-11-15-7-8-16(12-19(15)22(33)31-21)32-13-17(37-24(32)35)14-36-23(34)25(30)9-3-4-10-25;/h1-2,5-8,11-12,17H,3-4,9-10,13-14,30H2,(H,31,33);1H/t17-;/m1./s1. The lowest BCUT2D eigenvalue weighted by Gasteiger charge is -2.21. The van der Waals surface area contributed by atoms with Crippen molar-refractivity contribution < 1.29 is 32.2 Å². The zero-order chi connectivity index (χ0) is 26.4. The minimum Gasteiger partial charge on any atom is -0.460 e. The second-order valence-electron chi connectivity index (χ2n) is 9.41. The number of alkyl halides is 3. The van der Waals surface area contributed by atoms with E-state index in [1.807, 2.05) is 0 Å². The van der Waals surface area contributed by atoms with E-state index in [1.54, 1.807) is 12.1 Å². The minimum atomic E-state index is -4.59. The molecule has 3 N–H and O–H groups in total. The average molecular weight is 552 g/mol. The van der Waals surface area contributed by atoms with Crippen molar-refractivity contribution in [2.45, 2.75) is 43.5 Å². The molecule has 1 aliphatic carbocycles. The number of aromatic nitrogens is 1. The fraction of sp³-hybridized carbons (Fsp3) is 0.346. The number of esters is 1. The molecule has 38 heavy (non-hydrogen) atoms. The number of benzene rings is 2. The van der Waals surface area contributed by atoms with E-state index < -0.39 is 41.0 Å². The van der Waals surface area contributed by atoms with Gasteiger partial charge in [-0.3, -0.25) is 14.5 Å². The summed E-state index contributed by atoms with van der Waals surface area (Å²) in [6, 6.07) is 11.0. The van der Waals surface area contributed by atoms with Crippen LogP contribution in [0.25, 0.3) is 22.0 Å². The predicted molar refractivity (Wildman–Crippen MR) is 136 cm³/mol. The summed E-state index contributed by atoms with van der Waals surface area (Å²) >= 11 is 0. The molecule has 0 radical (unpaired) electrons. The van der Waals surface area contributed by atoms with Crippen molar-refractivity contribution in [1.82, 2.24) is 4.98 Å². The van der Waals surface area contributed by atoms with Gasteiger partial charge in [0, 0.05) is 22.3 Å². The fourth-order valence-corrected chi connectivity index (χ4v) is 4.87. The maximum Gasteiger partial charge on any atom is 0.417 e. The molecule has 3 aromatic rings. The maximum absolute atomic E-state index is 13.5. The number of pyridine rings is 1. The Kier molecular flexibility index (Phi) is 7.44. The van der Waals surface area contributed by atoms with Gasteiger partial charge >= 0.3 is 18.2 Å². The highest BCUT2D eigenvalue weighted by Crippen LogP contribution is 2.37. The number of H-pyrrole nitrogens is 1. The quantitative estimate of drug-likeness (QED) is 0.441. The highest BCUT2D eigenvalue weighted by atomic mass is 35.5. The number of halogens is 4. The molecule has 5 rings (SSSR count). The van der Waals surface area contributed by atoms with Crippen LogP contribution >= 0.6 is 12.4 Å². The van der Waals surface area contributed by atoms with E-state index in [4.69, 9.17) is 15.2 Å². The molecule has 202 valence electrons. The van der Waals surface area contributed by atoms with Gasteiger partial charge in [0.1, 0.15) is 12.1 Å². The van der Waals surface area contributed by atoms with Crippen LogP contribution in [0.2, 0.25) is 0 Å². The lowest BCUT2D eigenvalue weighted by molar-refractivity contribution is -0.152. The number of nitrogens with zero attached hydrogens (tertiary/aromatic N) is 1. The molecular formula is C26H25ClF3N3O5. The summed E-state index contributed by atoms with van der Waals surface area (Å²) in [5, 5.41) is 0.599. The SMILES string of the molecule is Cl.NC1(C(=O)OC[C@H]2CN(c3ccc4cc(-c5ccccc5C(F)(F)F)[nH]c(=O)c4c3)C(=O)O2)CCCC1. The number of hydrogen-bond acceptors (Lipinski definition) is 6. The largest absolute Gasteiger partial charge is 0.460 e. The predicted octanol–water partition coefficient (Wildman–Crippen LogP) is 4.78. The molecule has 0 unspecified atom stereocenters. The molecule has 1 aliphatic heterocycles. The molecule has 2 aliphatic rings. The number of aromatic amines is 1. The van der Waals surface area contributed by atoms with Crippen molar-refractivity contribution in [3.63, 3.8) is 0 Å². The Balaban J connectivity index is 0.00000336. The number of carbonyl (C=O) groups is 2. The van der Waals surface area contributed by atoms with Crippen molar-refractivity contribution >= 4 is 40.9 Å². The van der Waals surface area contributed by atoms with Crippen LogP contribution < -0.4 is 16.2 Å². The molecule has 2 fully saturated rings. The number of ether oxygens (including phenoxy) is 2. The van der Waals surface area contributed by atoms with E-state index in [-0.39, 0.29) is 42.2 Å². The van der Waals surface area contributed by atoms with Crippen LogP contribution in [0.15, 0.2) is 53.3 Å². The molecule has 2 heterocycles. The zero-order valence-electron chi connectivity index (χ0n) is 20.0. The van der Waals surface area contributed by atoms with Gasteiger partial charge < -0.3 is 20.2 Å². The average Bonchev–Trinajstić information content (AvgIpc) is 3.48. The Morgan fingerprint density at radius 3 is 2.55 bits per heavy atom. The van der Waals surface area contributed by atoms with Gasteiger partial charge in [-0.25, -0.2) is 4.79 Å². The minimum absolute atomic E-state index is 0. The summed E-state index contributed by atoms with van der Waals surface area (Å²) < 4.78 is 51.0. The first-order valence-electron chi connectivity index (χ1n) is 11.8. The van der Waals surface area contributed by atoms with Gasteiger partial charge in [0.2, 0.25) is 0 Å². The molecule has 1 saturated heterocycles. The number of fused-ring (bicyclic) bond motifs is 1. The fourth-order valence-electron chi connectivity index (χ4n) is 4.87. The number of nitrogens with two attached hydrogens (primary N) is 1. The number of carbonyl (C=O) groups excluding carboxylic acids is 2. The monoisotopic (exact) mass is 551 g/mol. The van der Waals surface area contributed by atoms with Gasteiger partial charge in [0.15, 0.2) is 6.10 Å². The molecular weight excluding hydrogens is 527 g/mol. The molecule has 0 spiro atoms.